The van der Waals surface area contributed by atoms with Gasteiger partial charge in [-0.05, 0) is 28.3 Å². The van der Waals surface area contributed by atoms with Gasteiger partial charge in [0.15, 0.2) is 5.13 Å². The molecule has 31 heavy (non-hydrogen) atoms. The maximum atomic E-state index is 12.8. The van der Waals surface area contributed by atoms with Gasteiger partial charge in [0.2, 0.25) is 11.8 Å². The lowest BCUT2D eigenvalue weighted by atomic mass is 10.2. The molecule has 3 rings (SSSR count). The first-order valence-corrected chi connectivity index (χ1v) is 11.5. The average Bonchev–Trinajstić information content (AvgIpc) is 3.38. The van der Waals surface area contributed by atoms with E-state index in [9.17, 15) is 9.59 Å². The van der Waals surface area contributed by atoms with Crippen LogP contribution in [0.25, 0.3) is 0 Å². The third-order valence-electron chi connectivity index (χ3n) is 3.93. The van der Waals surface area contributed by atoms with E-state index in [0.717, 1.165) is 6.42 Å². The van der Waals surface area contributed by atoms with E-state index in [0.29, 0.717) is 47.3 Å². The highest BCUT2D eigenvalue weighted by Gasteiger charge is 2.15. The number of amides is 1. The molecule has 1 amide bonds. The van der Waals surface area contributed by atoms with Crippen LogP contribution < -0.4 is 14.8 Å². The van der Waals surface area contributed by atoms with Crippen molar-refractivity contribution in [1.29, 1.82) is 0 Å². The van der Waals surface area contributed by atoms with Gasteiger partial charge in [0.25, 0.3) is 5.91 Å². The van der Waals surface area contributed by atoms with Crippen molar-refractivity contribution < 1.29 is 24.2 Å². The van der Waals surface area contributed by atoms with E-state index in [-0.39, 0.29) is 6.42 Å². The number of anilines is 1. The minimum atomic E-state index is -0.978. The number of aromatic nitrogens is 2. The van der Waals surface area contributed by atoms with Crippen LogP contribution in [0.4, 0.5) is 5.13 Å². The standard InChI is InChI=1S/C21H23N3O5S2/c1-13(2)10-29-18-8-15(7-17(23-18)28-5-3-14-4-6-30-11-14)20(27)24-21-22-16(12-31-21)9-19(25)26/h4,6-8,11-13H,3,5,9-10H2,1-2H3,(H,25,26)(H,22,24,27). The number of rotatable bonds is 11. The molecular formula is C21H23N3O5S2. The van der Waals surface area contributed by atoms with Crippen LogP contribution in [0.2, 0.25) is 0 Å². The molecule has 3 aromatic heterocycles. The van der Waals surface area contributed by atoms with Gasteiger partial charge in [0, 0.05) is 23.9 Å². The second-order valence-electron chi connectivity index (χ2n) is 7.14. The molecule has 8 nitrogen and oxygen atoms in total. The Morgan fingerprint density at radius 3 is 2.61 bits per heavy atom. The number of carbonyl (C=O) groups is 2. The third-order valence-corrected chi connectivity index (χ3v) is 5.47. The quantitative estimate of drug-likeness (QED) is 0.442. The number of thiazole rings is 1. The zero-order valence-corrected chi connectivity index (χ0v) is 18.8. The molecule has 3 aromatic rings. The highest BCUT2D eigenvalue weighted by molar-refractivity contribution is 7.14. The fourth-order valence-corrected chi connectivity index (χ4v) is 3.90. The van der Waals surface area contributed by atoms with E-state index in [1.54, 1.807) is 28.8 Å². The summed E-state index contributed by atoms with van der Waals surface area (Å²) in [7, 11) is 0. The highest BCUT2D eigenvalue weighted by Crippen LogP contribution is 2.22. The molecule has 0 atom stereocenters. The number of pyridine rings is 1. The fourth-order valence-electron chi connectivity index (χ4n) is 2.49. The smallest absolute Gasteiger partial charge is 0.309 e. The molecule has 10 heteroatoms. The van der Waals surface area contributed by atoms with Crippen molar-refractivity contribution in [2.75, 3.05) is 18.5 Å². The van der Waals surface area contributed by atoms with Crippen LogP contribution in [0.3, 0.4) is 0 Å². The molecule has 0 aliphatic carbocycles. The maximum absolute atomic E-state index is 12.8. The lowest BCUT2D eigenvalue weighted by molar-refractivity contribution is -0.136. The molecule has 0 aliphatic heterocycles. The van der Waals surface area contributed by atoms with Crippen LogP contribution in [-0.4, -0.2) is 40.2 Å². The minimum Gasteiger partial charge on any atom is -0.481 e. The molecule has 3 heterocycles. The van der Waals surface area contributed by atoms with E-state index in [2.05, 4.69) is 20.7 Å². The Balaban J connectivity index is 1.71. The van der Waals surface area contributed by atoms with E-state index in [1.165, 1.54) is 16.9 Å². The Morgan fingerprint density at radius 1 is 1.16 bits per heavy atom. The maximum Gasteiger partial charge on any atom is 0.309 e. The van der Waals surface area contributed by atoms with Crippen LogP contribution in [0.1, 0.15) is 35.5 Å². The molecule has 164 valence electrons. The highest BCUT2D eigenvalue weighted by atomic mass is 32.1. The summed E-state index contributed by atoms with van der Waals surface area (Å²) >= 11 is 2.79. The monoisotopic (exact) mass is 461 g/mol. The van der Waals surface area contributed by atoms with Crippen LogP contribution in [0.5, 0.6) is 11.8 Å². The Hall–Kier alpha value is -2.98. The van der Waals surface area contributed by atoms with Crippen LogP contribution in [-0.2, 0) is 17.6 Å². The van der Waals surface area contributed by atoms with Gasteiger partial charge in [-0.25, -0.2) is 4.98 Å². The summed E-state index contributed by atoms with van der Waals surface area (Å²) in [4.78, 5) is 32.0. The number of hydrogen-bond donors (Lipinski definition) is 2. The largest absolute Gasteiger partial charge is 0.481 e. The zero-order chi connectivity index (χ0) is 22.2. The van der Waals surface area contributed by atoms with Gasteiger partial charge in [-0.2, -0.15) is 16.3 Å². The number of hydrogen-bond acceptors (Lipinski definition) is 8. The molecule has 2 N–H and O–H groups in total. The molecule has 0 saturated carbocycles. The average molecular weight is 462 g/mol. The fraction of sp³-hybridized carbons (Fsp3) is 0.333. The van der Waals surface area contributed by atoms with Crippen LogP contribution >= 0.6 is 22.7 Å². The number of nitrogens with zero attached hydrogens (tertiary/aromatic N) is 2. The Labute approximate surface area is 187 Å². The van der Waals surface area contributed by atoms with Crippen molar-refractivity contribution in [3.63, 3.8) is 0 Å². The number of aliphatic carboxylic acids is 1. The predicted octanol–water partition coefficient (Wildman–Crippen LogP) is 4.14. The van der Waals surface area contributed by atoms with Crippen molar-refractivity contribution in [2.45, 2.75) is 26.7 Å². The van der Waals surface area contributed by atoms with E-state index in [4.69, 9.17) is 14.6 Å². The van der Waals surface area contributed by atoms with Crippen molar-refractivity contribution in [2.24, 2.45) is 5.92 Å². The van der Waals surface area contributed by atoms with E-state index < -0.39 is 11.9 Å². The number of ether oxygens (including phenoxy) is 2. The van der Waals surface area contributed by atoms with Gasteiger partial charge in [0.1, 0.15) is 0 Å². The summed E-state index contributed by atoms with van der Waals surface area (Å²) in [5, 5.41) is 17.5. The second-order valence-corrected chi connectivity index (χ2v) is 8.77. The number of carboxylic acid groups (broad SMARTS) is 1. The molecule has 0 saturated heterocycles. The normalized spacial score (nSPS) is 10.8. The summed E-state index contributed by atoms with van der Waals surface area (Å²) in [5.41, 5.74) is 1.88. The summed E-state index contributed by atoms with van der Waals surface area (Å²) in [6, 6.07) is 5.14. The molecule has 0 fully saturated rings. The Bertz CT molecular complexity index is 1020. The summed E-state index contributed by atoms with van der Waals surface area (Å²) in [6.07, 6.45) is 0.534. The first-order chi connectivity index (χ1) is 14.9. The Kier molecular flexibility index (Phi) is 7.96. The van der Waals surface area contributed by atoms with Crippen molar-refractivity contribution >= 4 is 39.7 Å². The SMILES string of the molecule is CC(C)COc1cc(C(=O)Nc2nc(CC(=O)O)cs2)cc(OCCc2ccsc2)n1. The van der Waals surface area contributed by atoms with E-state index in [1.807, 2.05) is 25.3 Å². The van der Waals surface area contributed by atoms with Gasteiger partial charge in [-0.15, -0.1) is 11.3 Å². The summed E-state index contributed by atoms with van der Waals surface area (Å²) < 4.78 is 11.5. The van der Waals surface area contributed by atoms with Crippen molar-refractivity contribution in [1.82, 2.24) is 9.97 Å². The second kappa shape index (κ2) is 10.9. The van der Waals surface area contributed by atoms with Crippen LogP contribution in [0.15, 0.2) is 34.3 Å². The number of carbonyl (C=O) groups excluding carboxylic acids is 1. The van der Waals surface area contributed by atoms with Crippen LogP contribution in [0, 0.1) is 5.92 Å². The molecular weight excluding hydrogens is 438 g/mol. The first kappa shape index (κ1) is 22.7. The minimum absolute atomic E-state index is 0.197. The number of carboxylic acids is 1. The number of thiophene rings is 1. The van der Waals surface area contributed by atoms with Gasteiger partial charge in [-0.3, -0.25) is 14.9 Å². The van der Waals surface area contributed by atoms with Gasteiger partial charge < -0.3 is 14.6 Å². The Morgan fingerprint density at radius 2 is 1.94 bits per heavy atom. The molecule has 0 aromatic carbocycles. The van der Waals surface area contributed by atoms with Gasteiger partial charge >= 0.3 is 5.97 Å². The first-order valence-electron chi connectivity index (χ1n) is 9.65. The van der Waals surface area contributed by atoms with Crippen molar-refractivity contribution in [3.05, 3.63) is 51.2 Å². The topological polar surface area (TPSA) is 111 Å². The summed E-state index contributed by atoms with van der Waals surface area (Å²) in [5.74, 6) is -0.487. The zero-order valence-electron chi connectivity index (χ0n) is 17.2. The molecule has 0 radical (unpaired) electrons. The van der Waals surface area contributed by atoms with E-state index >= 15 is 0 Å². The van der Waals surface area contributed by atoms with Gasteiger partial charge in [-0.1, -0.05) is 13.8 Å². The molecule has 0 aliphatic rings. The third kappa shape index (κ3) is 7.34. The predicted molar refractivity (Wildman–Crippen MR) is 119 cm³/mol. The lowest BCUT2D eigenvalue weighted by Crippen LogP contribution is -2.14. The summed E-state index contributed by atoms with van der Waals surface area (Å²) in [6.45, 7) is 4.92. The number of nitrogens with one attached hydrogen (secondary N) is 1. The van der Waals surface area contributed by atoms with Gasteiger partial charge in [0.05, 0.1) is 30.9 Å². The lowest BCUT2D eigenvalue weighted by Gasteiger charge is -2.12. The molecule has 0 bridgehead atoms. The molecule has 0 spiro atoms. The molecule has 0 unspecified atom stereocenters. The van der Waals surface area contributed by atoms with Crippen molar-refractivity contribution in [3.8, 4) is 11.8 Å².